The van der Waals surface area contributed by atoms with Gasteiger partial charge in [-0.1, -0.05) is 23.2 Å². The lowest BCUT2D eigenvalue weighted by Gasteiger charge is -2.03. The lowest BCUT2D eigenvalue weighted by molar-refractivity contribution is 0.102. The maximum absolute atomic E-state index is 11.7. The number of nitrogens with zero attached hydrogens (tertiary/aromatic N) is 3. The average Bonchev–Trinajstić information content (AvgIpc) is 2.33. The summed E-state index contributed by atoms with van der Waals surface area (Å²) in [6.07, 6.45) is 1.45. The fourth-order valence-corrected chi connectivity index (χ4v) is 1.29. The monoisotopic (exact) mass is 268 g/mol. The van der Waals surface area contributed by atoms with Gasteiger partial charge in [0.05, 0.1) is 11.9 Å². The van der Waals surface area contributed by atoms with Crippen molar-refractivity contribution in [1.29, 1.82) is 0 Å². The number of pyridine rings is 1. The fourth-order valence-electron chi connectivity index (χ4n) is 1.08. The summed E-state index contributed by atoms with van der Waals surface area (Å²) in [6.45, 7) is 0. The first-order valence-electron chi connectivity index (χ1n) is 4.57. The van der Waals surface area contributed by atoms with Crippen LogP contribution < -0.4 is 5.32 Å². The summed E-state index contributed by atoms with van der Waals surface area (Å²) in [6, 6.07) is 6.18. The number of aromatic nitrogens is 3. The molecule has 0 aliphatic heterocycles. The Kier molecular flexibility index (Phi) is 3.51. The molecule has 0 fully saturated rings. The van der Waals surface area contributed by atoms with Gasteiger partial charge in [0, 0.05) is 0 Å². The Bertz CT molecular complexity index is 527. The molecule has 0 saturated heterocycles. The van der Waals surface area contributed by atoms with Crippen LogP contribution >= 0.6 is 23.2 Å². The van der Waals surface area contributed by atoms with Crippen LogP contribution in [0, 0.1) is 0 Å². The van der Waals surface area contributed by atoms with E-state index in [-0.39, 0.29) is 10.8 Å². The van der Waals surface area contributed by atoms with E-state index in [1.54, 1.807) is 12.1 Å². The average molecular weight is 269 g/mol. The predicted octanol–water partition coefficient (Wildman–Crippen LogP) is 2.43. The van der Waals surface area contributed by atoms with Crippen LogP contribution in [0.3, 0.4) is 0 Å². The summed E-state index contributed by atoms with van der Waals surface area (Å²) < 4.78 is 0. The second-order valence-electron chi connectivity index (χ2n) is 3.07. The van der Waals surface area contributed by atoms with E-state index in [9.17, 15) is 4.79 Å². The van der Waals surface area contributed by atoms with Gasteiger partial charge in [-0.2, -0.15) is 0 Å². The molecular formula is C10H6Cl2N4O. The van der Waals surface area contributed by atoms with Crippen LogP contribution in [0.5, 0.6) is 0 Å². The Morgan fingerprint density at radius 2 is 1.82 bits per heavy atom. The molecule has 0 unspecified atom stereocenters. The molecule has 5 nitrogen and oxygen atoms in total. The minimum Gasteiger partial charge on any atom is -0.319 e. The molecule has 2 rings (SSSR count). The first kappa shape index (κ1) is 11.8. The van der Waals surface area contributed by atoms with E-state index in [0.717, 1.165) is 0 Å². The quantitative estimate of drug-likeness (QED) is 0.850. The highest BCUT2D eigenvalue weighted by Gasteiger charge is 2.08. The molecule has 0 saturated carbocycles. The third-order valence-electron chi connectivity index (χ3n) is 1.85. The lowest BCUT2D eigenvalue weighted by Crippen LogP contribution is -2.14. The van der Waals surface area contributed by atoms with Gasteiger partial charge in [-0.25, -0.2) is 4.98 Å². The molecule has 7 heteroatoms. The van der Waals surface area contributed by atoms with Crippen molar-refractivity contribution in [3.63, 3.8) is 0 Å². The second-order valence-corrected chi connectivity index (χ2v) is 3.84. The van der Waals surface area contributed by atoms with Crippen LogP contribution in [-0.2, 0) is 0 Å². The van der Waals surface area contributed by atoms with Crippen LogP contribution in [0.15, 0.2) is 30.5 Å². The van der Waals surface area contributed by atoms with Crippen LogP contribution in [0.1, 0.15) is 10.5 Å². The van der Waals surface area contributed by atoms with Crippen LogP contribution in [0.25, 0.3) is 0 Å². The molecule has 0 atom stereocenters. The van der Waals surface area contributed by atoms with Crippen LogP contribution in [0.2, 0.25) is 10.3 Å². The maximum Gasteiger partial charge on any atom is 0.276 e. The predicted molar refractivity (Wildman–Crippen MR) is 64.2 cm³/mol. The van der Waals surface area contributed by atoms with Crippen molar-refractivity contribution >= 4 is 34.8 Å². The van der Waals surface area contributed by atoms with E-state index >= 15 is 0 Å². The van der Waals surface area contributed by atoms with Crippen LogP contribution in [-0.4, -0.2) is 21.1 Å². The molecule has 0 aliphatic carbocycles. The number of anilines is 1. The Hall–Kier alpha value is -1.72. The summed E-state index contributed by atoms with van der Waals surface area (Å²) in [5.74, 6) is -0.390. The third kappa shape index (κ3) is 3.12. The van der Waals surface area contributed by atoms with Gasteiger partial charge < -0.3 is 5.32 Å². The minimum atomic E-state index is -0.390. The SMILES string of the molecule is O=C(Nc1ccc(Cl)nc1)c1ccc(Cl)nn1. The standard InChI is InChI=1S/C10H6Cl2N4O/c11-8-3-1-6(5-13-8)14-10(17)7-2-4-9(12)16-15-7/h1-5H,(H,14,17). The van der Waals surface area contributed by atoms with Crippen molar-refractivity contribution in [2.75, 3.05) is 5.32 Å². The van der Waals surface area contributed by atoms with Crippen LogP contribution in [0.4, 0.5) is 5.69 Å². The number of carbonyl (C=O) groups is 1. The second kappa shape index (κ2) is 5.07. The summed E-state index contributed by atoms with van der Waals surface area (Å²) in [4.78, 5) is 15.5. The van der Waals surface area contributed by atoms with Gasteiger partial charge in [-0.05, 0) is 24.3 Å². The van der Waals surface area contributed by atoms with Crippen molar-refractivity contribution in [3.8, 4) is 0 Å². The normalized spacial score (nSPS) is 10.0. The highest BCUT2D eigenvalue weighted by atomic mass is 35.5. The summed E-state index contributed by atoms with van der Waals surface area (Å²) >= 11 is 11.2. The molecule has 2 aromatic heterocycles. The van der Waals surface area contributed by atoms with E-state index in [2.05, 4.69) is 20.5 Å². The highest BCUT2D eigenvalue weighted by Crippen LogP contribution is 2.11. The van der Waals surface area contributed by atoms with Gasteiger partial charge in [0.2, 0.25) is 0 Å². The first-order valence-corrected chi connectivity index (χ1v) is 5.33. The molecule has 2 aromatic rings. The molecule has 17 heavy (non-hydrogen) atoms. The smallest absolute Gasteiger partial charge is 0.276 e. The molecular weight excluding hydrogens is 263 g/mol. The van der Waals surface area contributed by atoms with Crippen molar-refractivity contribution < 1.29 is 4.79 Å². The Morgan fingerprint density at radius 3 is 2.41 bits per heavy atom. The van der Waals surface area contributed by atoms with Gasteiger partial charge >= 0.3 is 0 Å². The van der Waals surface area contributed by atoms with E-state index < -0.39 is 5.91 Å². The number of hydrogen-bond acceptors (Lipinski definition) is 4. The molecule has 0 aromatic carbocycles. The molecule has 1 amide bonds. The van der Waals surface area contributed by atoms with Gasteiger partial charge in [0.25, 0.3) is 5.91 Å². The number of amides is 1. The summed E-state index contributed by atoms with van der Waals surface area (Å²) in [5, 5.41) is 10.4. The number of halogens is 2. The summed E-state index contributed by atoms with van der Waals surface area (Å²) in [5.41, 5.74) is 0.695. The maximum atomic E-state index is 11.7. The third-order valence-corrected chi connectivity index (χ3v) is 2.28. The number of rotatable bonds is 2. The zero-order chi connectivity index (χ0) is 12.3. The van der Waals surface area contributed by atoms with Gasteiger partial charge in [0.1, 0.15) is 5.15 Å². The Morgan fingerprint density at radius 1 is 1.06 bits per heavy atom. The van der Waals surface area contributed by atoms with E-state index in [1.165, 1.54) is 18.3 Å². The molecule has 2 heterocycles. The zero-order valence-corrected chi connectivity index (χ0v) is 9.90. The van der Waals surface area contributed by atoms with E-state index in [0.29, 0.717) is 10.8 Å². The van der Waals surface area contributed by atoms with Gasteiger partial charge in [-0.3, -0.25) is 4.79 Å². The molecule has 0 spiro atoms. The fraction of sp³-hybridized carbons (Fsp3) is 0. The van der Waals surface area contributed by atoms with E-state index in [4.69, 9.17) is 23.2 Å². The lowest BCUT2D eigenvalue weighted by atomic mass is 10.3. The van der Waals surface area contributed by atoms with Crippen molar-refractivity contribution in [2.24, 2.45) is 0 Å². The number of carbonyl (C=O) groups excluding carboxylic acids is 1. The Labute approximate surface area is 107 Å². The van der Waals surface area contributed by atoms with Crippen molar-refractivity contribution in [2.45, 2.75) is 0 Å². The molecule has 0 aliphatic rings. The van der Waals surface area contributed by atoms with Gasteiger partial charge in [0.15, 0.2) is 10.8 Å². The molecule has 86 valence electrons. The molecule has 1 N–H and O–H groups in total. The minimum absolute atomic E-state index is 0.171. The highest BCUT2D eigenvalue weighted by molar-refractivity contribution is 6.29. The largest absolute Gasteiger partial charge is 0.319 e. The van der Waals surface area contributed by atoms with Crippen molar-refractivity contribution in [3.05, 3.63) is 46.5 Å². The number of nitrogens with one attached hydrogen (secondary N) is 1. The topological polar surface area (TPSA) is 67.8 Å². The van der Waals surface area contributed by atoms with Crippen molar-refractivity contribution in [1.82, 2.24) is 15.2 Å². The zero-order valence-electron chi connectivity index (χ0n) is 8.39. The molecule has 0 radical (unpaired) electrons. The number of hydrogen-bond donors (Lipinski definition) is 1. The molecule has 0 bridgehead atoms. The Balaban J connectivity index is 2.11. The first-order chi connectivity index (χ1) is 8.15. The van der Waals surface area contributed by atoms with Gasteiger partial charge in [-0.15, -0.1) is 10.2 Å². The summed E-state index contributed by atoms with van der Waals surface area (Å²) in [7, 11) is 0. The van der Waals surface area contributed by atoms with E-state index in [1.807, 2.05) is 0 Å².